The monoisotopic (exact) mass is 564 g/mol. The number of nitrogens with zero attached hydrogens (tertiary/aromatic N) is 4. The van der Waals surface area contributed by atoms with Gasteiger partial charge >= 0.3 is 0 Å². The van der Waals surface area contributed by atoms with Gasteiger partial charge in [-0.25, -0.2) is 4.98 Å². The Bertz CT molecular complexity index is 1180. The zero-order valence-corrected chi connectivity index (χ0v) is 24.3. The summed E-state index contributed by atoms with van der Waals surface area (Å²) in [6, 6.07) is 16.2. The molecule has 5 rings (SSSR count). The molecule has 37 heavy (non-hydrogen) atoms. The minimum Gasteiger partial charge on any atom is -0.379 e. The van der Waals surface area contributed by atoms with E-state index in [0.29, 0.717) is 6.04 Å². The lowest BCUT2D eigenvalue weighted by Crippen LogP contribution is -2.38. The molecule has 1 fully saturated rings. The van der Waals surface area contributed by atoms with Crippen LogP contribution in [0.1, 0.15) is 60.7 Å². The van der Waals surface area contributed by atoms with Crippen LogP contribution in [0.5, 0.6) is 0 Å². The van der Waals surface area contributed by atoms with E-state index in [9.17, 15) is 0 Å². The van der Waals surface area contributed by atoms with Crippen LogP contribution in [0.25, 0.3) is 11.4 Å². The zero-order chi connectivity index (χ0) is 25.8. The van der Waals surface area contributed by atoms with Crippen LogP contribution in [-0.2, 0) is 37.1 Å². The number of halogens is 1. The molecule has 1 aliphatic heterocycles. The number of imidazole rings is 1. The maximum absolute atomic E-state index is 5.61. The SMILES string of the molecule is CCc1cccc(CC)c1-c1nc(Br)c(CN(C)C2CCCc3ccccc32)n1CCN1CCOCC1. The average molecular weight is 566 g/mol. The Morgan fingerprint density at radius 1 is 1.00 bits per heavy atom. The van der Waals surface area contributed by atoms with Crippen molar-refractivity contribution in [3.8, 4) is 11.4 Å². The fraction of sp³-hybridized carbons (Fsp3) is 0.516. The van der Waals surface area contributed by atoms with Gasteiger partial charge in [-0.2, -0.15) is 0 Å². The first-order chi connectivity index (χ1) is 18.1. The van der Waals surface area contributed by atoms with Crippen molar-refractivity contribution in [1.29, 1.82) is 0 Å². The van der Waals surface area contributed by atoms with E-state index in [1.807, 2.05) is 0 Å². The second-order valence-electron chi connectivity index (χ2n) is 10.5. The highest BCUT2D eigenvalue weighted by Crippen LogP contribution is 2.37. The van der Waals surface area contributed by atoms with E-state index >= 15 is 0 Å². The Hall–Kier alpha value is -1.99. The first-order valence-electron chi connectivity index (χ1n) is 14.0. The average Bonchev–Trinajstić information content (AvgIpc) is 3.25. The highest BCUT2D eigenvalue weighted by Gasteiger charge is 2.27. The first-order valence-corrected chi connectivity index (χ1v) is 14.8. The van der Waals surface area contributed by atoms with Gasteiger partial charge in [-0.1, -0.05) is 56.3 Å². The molecule has 0 saturated carbocycles. The van der Waals surface area contributed by atoms with Gasteiger partial charge < -0.3 is 9.30 Å². The van der Waals surface area contributed by atoms with Crippen LogP contribution in [0.15, 0.2) is 47.1 Å². The zero-order valence-electron chi connectivity index (χ0n) is 22.7. The second-order valence-corrected chi connectivity index (χ2v) is 11.2. The summed E-state index contributed by atoms with van der Waals surface area (Å²) < 4.78 is 9.10. The number of ether oxygens (including phenoxy) is 1. The van der Waals surface area contributed by atoms with Gasteiger partial charge in [0, 0.05) is 44.3 Å². The summed E-state index contributed by atoms with van der Waals surface area (Å²) in [6.07, 6.45) is 5.66. The van der Waals surface area contributed by atoms with Gasteiger partial charge in [-0.15, -0.1) is 0 Å². The van der Waals surface area contributed by atoms with Crippen molar-refractivity contribution < 1.29 is 4.74 Å². The van der Waals surface area contributed by atoms with Gasteiger partial charge in [-0.3, -0.25) is 9.80 Å². The first kappa shape index (κ1) is 26.6. The van der Waals surface area contributed by atoms with E-state index in [0.717, 1.165) is 69.2 Å². The van der Waals surface area contributed by atoms with Crippen molar-refractivity contribution in [3.63, 3.8) is 0 Å². The number of benzene rings is 2. The maximum atomic E-state index is 5.61. The predicted octanol–water partition coefficient (Wildman–Crippen LogP) is 6.28. The van der Waals surface area contributed by atoms with E-state index in [4.69, 9.17) is 9.72 Å². The molecule has 0 radical (unpaired) electrons. The summed E-state index contributed by atoms with van der Waals surface area (Å²) in [5.41, 5.74) is 8.37. The molecule has 2 aromatic carbocycles. The number of morpholine rings is 1. The fourth-order valence-electron chi connectivity index (χ4n) is 6.17. The lowest BCUT2D eigenvalue weighted by atomic mass is 9.87. The molecule has 0 spiro atoms. The molecule has 2 aliphatic rings. The van der Waals surface area contributed by atoms with Gasteiger partial charge in [-0.05, 0) is 77.3 Å². The van der Waals surface area contributed by atoms with Gasteiger partial charge in [0.2, 0.25) is 0 Å². The fourth-order valence-corrected chi connectivity index (χ4v) is 6.68. The van der Waals surface area contributed by atoms with Gasteiger partial charge in [0.1, 0.15) is 10.4 Å². The molecule has 1 aromatic heterocycles. The Labute approximate surface area is 231 Å². The number of hydrogen-bond donors (Lipinski definition) is 0. The van der Waals surface area contributed by atoms with Crippen molar-refractivity contribution in [2.24, 2.45) is 0 Å². The smallest absolute Gasteiger partial charge is 0.142 e. The molecule has 0 bridgehead atoms. The Morgan fingerprint density at radius 2 is 1.73 bits per heavy atom. The minimum atomic E-state index is 0.442. The molecule has 5 nitrogen and oxygen atoms in total. The van der Waals surface area contributed by atoms with Crippen LogP contribution >= 0.6 is 15.9 Å². The van der Waals surface area contributed by atoms with Crippen LogP contribution in [0.4, 0.5) is 0 Å². The van der Waals surface area contributed by atoms with E-state index in [-0.39, 0.29) is 0 Å². The van der Waals surface area contributed by atoms with E-state index in [2.05, 4.69) is 93.7 Å². The Balaban J connectivity index is 1.51. The molecular formula is C31H41BrN4O. The number of rotatable bonds is 9. The Morgan fingerprint density at radius 3 is 2.46 bits per heavy atom. The third-order valence-electron chi connectivity index (χ3n) is 8.26. The summed E-state index contributed by atoms with van der Waals surface area (Å²) in [7, 11) is 2.29. The molecule has 0 amide bonds. The topological polar surface area (TPSA) is 33.5 Å². The van der Waals surface area contributed by atoms with Crippen molar-refractivity contribution in [1.82, 2.24) is 19.4 Å². The van der Waals surface area contributed by atoms with Crippen LogP contribution in [0.3, 0.4) is 0 Å². The summed E-state index contributed by atoms with van der Waals surface area (Å²) in [5, 5.41) is 0. The standard InChI is InChI=1S/C31H41BrN4O/c1-4-23-11-8-12-24(5-2)29(23)31-33-30(32)28(36(31)17-16-35-18-20-37-21-19-35)22-34(3)27-15-9-13-25-10-6-7-14-26(25)27/h6-8,10-12,14,27H,4-5,9,13,15-22H2,1-3H3. The van der Waals surface area contributed by atoms with Crippen LogP contribution in [-0.4, -0.2) is 59.2 Å². The summed E-state index contributed by atoms with van der Waals surface area (Å²) in [6.45, 7) is 11.0. The summed E-state index contributed by atoms with van der Waals surface area (Å²) in [5.74, 6) is 1.11. The minimum absolute atomic E-state index is 0.442. The van der Waals surface area contributed by atoms with Crippen molar-refractivity contribution in [3.05, 3.63) is 75.0 Å². The molecule has 1 unspecified atom stereocenters. The molecule has 2 heterocycles. The molecule has 1 saturated heterocycles. The predicted molar refractivity (Wildman–Crippen MR) is 155 cm³/mol. The lowest BCUT2D eigenvalue weighted by Gasteiger charge is -2.34. The number of fused-ring (bicyclic) bond motifs is 1. The lowest BCUT2D eigenvalue weighted by molar-refractivity contribution is 0.0363. The summed E-state index contributed by atoms with van der Waals surface area (Å²) >= 11 is 3.92. The van der Waals surface area contributed by atoms with Crippen LogP contribution in [0, 0.1) is 0 Å². The number of aromatic nitrogens is 2. The molecule has 6 heteroatoms. The third kappa shape index (κ3) is 5.73. The van der Waals surface area contributed by atoms with Gasteiger partial charge in [0.05, 0.1) is 18.9 Å². The van der Waals surface area contributed by atoms with Crippen molar-refractivity contribution in [2.45, 2.75) is 65.1 Å². The van der Waals surface area contributed by atoms with E-state index in [1.165, 1.54) is 52.8 Å². The highest BCUT2D eigenvalue weighted by atomic mass is 79.9. The summed E-state index contributed by atoms with van der Waals surface area (Å²) in [4.78, 5) is 10.3. The van der Waals surface area contributed by atoms with E-state index < -0.39 is 0 Å². The van der Waals surface area contributed by atoms with Crippen LogP contribution < -0.4 is 0 Å². The third-order valence-corrected chi connectivity index (χ3v) is 8.89. The molecule has 0 N–H and O–H groups in total. The second kappa shape index (κ2) is 12.2. The van der Waals surface area contributed by atoms with E-state index in [1.54, 1.807) is 0 Å². The molecule has 3 aromatic rings. The quantitative estimate of drug-likeness (QED) is 0.306. The molecule has 1 aliphatic carbocycles. The van der Waals surface area contributed by atoms with Crippen LogP contribution in [0.2, 0.25) is 0 Å². The maximum Gasteiger partial charge on any atom is 0.142 e. The molecule has 1 atom stereocenters. The van der Waals surface area contributed by atoms with Gasteiger partial charge in [0.15, 0.2) is 0 Å². The van der Waals surface area contributed by atoms with Crippen molar-refractivity contribution >= 4 is 15.9 Å². The Kier molecular flexibility index (Phi) is 8.81. The normalized spacial score (nSPS) is 18.4. The molecule has 198 valence electrons. The largest absolute Gasteiger partial charge is 0.379 e. The highest BCUT2D eigenvalue weighted by molar-refractivity contribution is 9.10. The number of aryl methyl sites for hydroxylation is 3. The van der Waals surface area contributed by atoms with Gasteiger partial charge in [0.25, 0.3) is 0 Å². The number of hydrogen-bond acceptors (Lipinski definition) is 4. The van der Waals surface area contributed by atoms with Crippen molar-refractivity contribution in [2.75, 3.05) is 39.9 Å². The molecular weight excluding hydrogens is 524 g/mol.